The van der Waals surface area contributed by atoms with Crippen LogP contribution in [-0.2, 0) is 6.42 Å². The molecular weight excluding hydrogens is 309 g/mol. The highest BCUT2D eigenvalue weighted by atomic mass is 19.1. The molecule has 0 bridgehead atoms. The molecule has 1 aliphatic carbocycles. The SMILES string of the molecule is COc1ccc(-c2ccc3c(c2)CC(C)(C)[C@H]3NC(=O)O)cc1F. The lowest BCUT2D eigenvalue weighted by Crippen LogP contribution is -2.34. The largest absolute Gasteiger partial charge is 0.494 e. The van der Waals surface area contributed by atoms with Crippen molar-refractivity contribution in [3.8, 4) is 16.9 Å². The number of halogens is 1. The highest BCUT2D eigenvalue weighted by molar-refractivity contribution is 5.69. The van der Waals surface area contributed by atoms with Crippen LogP contribution in [0.4, 0.5) is 9.18 Å². The average Bonchev–Trinajstić information content (AvgIpc) is 2.76. The molecule has 0 heterocycles. The maximum absolute atomic E-state index is 13.9. The summed E-state index contributed by atoms with van der Waals surface area (Å²) >= 11 is 0. The van der Waals surface area contributed by atoms with E-state index in [1.165, 1.54) is 13.2 Å². The standard InChI is InChI=1S/C19H20FNO3/c1-19(2)10-13-8-11(4-6-14(13)17(19)21-18(22)23)12-5-7-16(24-3)15(20)9-12/h4-9,17,21H,10H2,1-3H3,(H,22,23)/t17-/m0/s1. The predicted octanol–water partition coefficient (Wildman–Crippen LogP) is 4.39. The number of carbonyl (C=O) groups is 1. The Morgan fingerprint density at radius 1 is 1.25 bits per heavy atom. The van der Waals surface area contributed by atoms with E-state index in [0.717, 1.165) is 28.7 Å². The Kier molecular flexibility index (Phi) is 3.95. The summed E-state index contributed by atoms with van der Waals surface area (Å²) in [5.41, 5.74) is 3.54. The van der Waals surface area contributed by atoms with Gasteiger partial charge in [-0.25, -0.2) is 9.18 Å². The smallest absolute Gasteiger partial charge is 0.405 e. The molecule has 0 fully saturated rings. The van der Waals surface area contributed by atoms with Crippen molar-refractivity contribution in [1.29, 1.82) is 0 Å². The first kappa shape index (κ1) is 16.3. The number of hydrogen-bond acceptors (Lipinski definition) is 2. The van der Waals surface area contributed by atoms with Gasteiger partial charge in [-0.1, -0.05) is 38.1 Å². The zero-order valence-corrected chi connectivity index (χ0v) is 13.9. The van der Waals surface area contributed by atoms with Crippen LogP contribution in [0.5, 0.6) is 5.75 Å². The maximum Gasteiger partial charge on any atom is 0.405 e. The lowest BCUT2D eigenvalue weighted by atomic mass is 9.85. The zero-order chi connectivity index (χ0) is 17.5. The summed E-state index contributed by atoms with van der Waals surface area (Å²) in [6.45, 7) is 4.08. The van der Waals surface area contributed by atoms with Crippen molar-refractivity contribution in [1.82, 2.24) is 5.32 Å². The second-order valence-corrected chi connectivity index (χ2v) is 6.81. The van der Waals surface area contributed by atoms with E-state index < -0.39 is 11.9 Å². The Balaban J connectivity index is 1.99. The Morgan fingerprint density at radius 3 is 2.54 bits per heavy atom. The normalized spacial score (nSPS) is 18.1. The Bertz CT molecular complexity index is 801. The highest BCUT2D eigenvalue weighted by Gasteiger charge is 2.39. The van der Waals surface area contributed by atoms with E-state index >= 15 is 0 Å². The minimum absolute atomic E-state index is 0.204. The van der Waals surface area contributed by atoms with Crippen LogP contribution >= 0.6 is 0 Å². The summed E-state index contributed by atoms with van der Waals surface area (Å²) < 4.78 is 18.9. The number of carboxylic acid groups (broad SMARTS) is 1. The number of methoxy groups -OCH3 is 1. The van der Waals surface area contributed by atoms with Crippen molar-refractivity contribution >= 4 is 6.09 Å². The number of hydrogen-bond donors (Lipinski definition) is 2. The molecule has 0 unspecified atom stereocenters. The molecule has 0 spiro atoms. The first-order chi connectivity index (χ1) is 11.3. The average molecular weight is 329 g/mol. The van der Waals surface area contributed by atoms with E-state index in [1.807, 2.05) is 38.1 Å². The molecule has 0 radical (unpaired) electrons. The fourth-order valence-corrected chi connectivity index (χ4v) is 3.48. The van der Waals surface area contributed by atoms with Crippen LogP contribution in [0.25, 0.3) is 11.1 Å². The molecule has 24 heavy (non-hydrogen) atoms. The van der Waals surface area contributed by atoms with Gasteiger partial charge in [0.15, 0.2) is 11.6 Å². The Morgan fingerprint density at radius 2 is 1.92 bits per heavy atom. The van der Waals surface area contributed by atoms with E-state index in [2.05, 4.69) is 5.32 Å². The number of fused-ring (bicyclic) bond motifs is 1. The molecule has 4 nitrogen and oxygen atoms in total. The monoisotopic (exact) mass is 329 g/mol. The number of nitrogens with one attached hydrogen (secondary N) is 1. The minimum Gasteiger partial charge on any atom is -0.494 e. The quantitative estimate of drug-likeness (QED) is 0.878. The molecule has 2 aromatic carbocycles. The van der Waals surface area contributed by atoms with E-state index in [0.29, 0.717) is 0 Å². The predicted molar refractivity (Wildman–Crippen MR) is 89.8 cm³/mol. The van der Waals surface area contributed by atoms with Gasteiger partial charge in [0.2, 0.25) is 0 Å². The van der Waals surface area contributed by atoms with Gasteiger partial charge in [-0.3, -0.25) is 0 Å². The first-order valence-corrected chi connectivity index (χ1v) is 7.78. The highest BCUT2D eigenvalue weighted by Crippen LogP contribution is 2.46. The molecule has 1 atom stereocenters. The van der Waals surface area contributed by atoms with Gasteiger partial charge in [-0.2, -0.15) is 0 Å². The summed E-state index contributed by atoms with van der Waals surface area (Å²) in [7, 11) is 1.44. The molecule has 2 aromatic rings. The molecule has 0 aliphatic heterocycles. The van der Waals surface area contributed by atoms with Gasteiger partial charge in [0.05, 0.1) is 13.2 Å². The van der Waals surface area contributed by atoms with Gasteiger partial charge >= 0.3 is 6.09 Å². The van der Waals surface area contributed by atoms with Gasteiger partial charge in [0, 0.05) is 0 Å². The van der Waals surface area contributed by atoms with E-state index in [9.17, 15) is 9.18 Å². The van der Waals surface area contributed by atoms with Crippen molar-refractivity contribution < 1.29 is 19.0 Å². The van der Waals surface area contributed by atoms with Crippen molar-refractivity contribution in [2.24, 2.45) is 5.41 Å². The van der Waals surface area contributed by atoms with E-state index in [1.54, 1.807) is 6.07 Å². The molecule has 0 saturated heterocycles. The summed E-state index contributed by atoms with van der Waals surface area (Å²) in [5.74, 6) is -0.187. The number of amides is 1. The zero-order valence-electron chi connectivity index (χ0n) is 13.9. The van der Waals surface area contributed by atoms with Crippen LogP contribution in [-0.4, -0.2) is 18.3 Å². The summed E-state index contributed by atoms with van der Waals surface area (Å²) in [4.78, 5) is 11.1. The third kappa shape index (κ3) is 2.82. The van der Waals surface area contributed by atoms with Crippen molar-refractivity contribution in [2.75, 3.05) is 7.11 Å². The van der Waals surface area contributed by atoms with Gasteiger partial charge in [-0.15, -0.1) is 0 Å². The molecule has 2 N–H and O–H groups in total. The van der Waals surface area contributed by atoms with Crippen LogP contribution in [0.15, 0.2) is 36.4 Å². The number of rotatable bonds is 3. The fraction of sp³-hybridized carbons (Fsp3) is 0.316. The molecule has 0 saturated carbocycles. The molecule has 1 amide bonds. The summed E-state index contributed by atoms with van der Waals surface area (Å²) in [5, 5.41) is 11.7. The Hall–Kier alpha value is -2.56. The third-order valence-electron chi connectivity index (χ3n) is 4.63. The van der Waals surface area contributed by atoms with Crippen LogP contribution in [0.3, 0.4) is 0 Å². The summed E-state index contributed by atoms with van der Waals surface area (Å²) in [6, 6.07) is 10.5. The lowest BCUT2D eigenvalue weighted by molar-refractivity contribution is 0.175. The van der Waals surface area contributed by atoms with E-state index in [4.69, 9.17) is 9.84 Å². The van der Waals surface area contributed by atoms with Crippen molar-refractivity contribution in [3.63, 3.8) is 0 Å². The fourth-order valence-electron chi connectivity index (χ4n) is 3.48. The van der Waals surface area contributed by atoms with Gasteiger partial charge in [0.25, 0.3) is 0 Å². The first-order valence-electron chi connectivity index (χ1n) is 7.78. The molecule has 1 aliphatic rings. The topological polar surface area (TPSA) is 58.6 Å². The second kappa shape index (κ2) is 5.82. The number of benzene rings is 2. The van der Waals surface area contributed by atoms with Crippen LogP contribution in [0.1, 0.15) is 31.0 Å². The van der Waals surface area contributed by atoms with Gasteiger partial charge in [-0.05, 0) is 46.2 Å². The van der Waals surface area contributed by atoms with E-state index in [-0.39, 0.29) is 17.2 Å². The van der Waals surface area contributed by atoms with Crippen molar-refractivity contribution in [2.45, 2.75) is 26.3 Å². The van der Waals surface area contributed by atoms with Crippen LogP contribution in [0, 0.1) is 11.2 Å². The molecule has 0 aromatic heterocycles. The molecule has 5 heteroatoms. The van der Waals surface area contributed by atoms with Crippen LogP contribution in [0.2, 0.25) is 0 Å². The summed E-state index contributed by atoms with van der Waals surface area (Å²) in [6.07, 6.45) is -0.262. The Labute approximate surface area is 140 Å². The minimum atomic E-state index is -1.03. The van der Waals surface area contributed by atoms with Gasteiger partial charge < -0.3 is 15.2 Å². The maximum atomic E-state index is 13.9. The molecule has 3 rings (SSSR count). The molecular formula is C19H20FNO3. The van der Waals surface area contributed by atoms with Crippen LogP contribution < -0.4 is 10.1 Å². The number of ether oxygens (including phenoxy) is 1. The lowest BCUT2D eigenvalue weighted by Gasteiger charge is -2.27. The van der Waals surface area contributed by atoms with Crippen molar-refractivity contribution in [3.05, 3.63) is 53.3 Å². The molecule has 126 valence electrons. The second-order valence-electron chi connectivity index (χ2n) is 6.81. The van der Waals surface area contributed by atoms with Gasteiger partial charge in [0.1, 0.15) is 0 Å². The third-order valence-corrected chi connectivity index (χ3v) is 4.63.